The van der Waals surface area contributed by atoms with Crippen molar-refractivity contribution in [3.8, 4) is 0 Å². The molecule has 0 bridgehead atoms. The number of aromatic nitrogens is 1. The van der Waals surface area contributed by atoms with Crippen LogP contribution >= 0.6 is 11.3 Å². The van der Waals surface area contributed by atoms with Gasteiger partial charge in [-0.05, 0) is 37.6 Å². The third kappa shape index (κ3) is 3.75. The fourth-order valence-electron chi connectivity index (χ4n) is 2.74. The van der Waals surface area contributed by atoms with E-state index in [4.69, 9.17) is 4.74 Å². The van der Waals surface area contributed by atoms with Gasteiger partial charge in [0.25, 0.3) is 5.91 Å². The van der Waals surface area contributed by atoms with Crippen molar-refractivity contribution >= 4 is 33.4 Å². The number of rotatable bonds is 4. The van der Waals surface area contributed by atoms with Crippen LogP contribution in [0.2, 0.25) is 0 Å². The fraction of sp³-hybridized carbons (Fsp3) is 0.250. The second kappa shape index (κ2) is 7.66. The molecule has 0 N–H and O–H groups in total. The Labute approximate surface area is 155 Å². The maximum atomic E-state index is 12.7. The van der Waals surface area contributed by atoms with Gasteiger partial charge in [-0.1, -0.05) is 41.2 Å². The summed E-state index contributed by atoms with van der Waals surface area (Å²) in [5.74, 6) is -0.566. The normalized spacial score (nSPS) is 11.7. The van der Waals surface area contributed by atoms with Crippen molar-refractivity contribution in [2.24, 2.45) is 4.99 Å². The van der Waals surface area contributed by atoms with Gasteiger partial charge in [0.05, 0.1) is 23.7 Å². The zero-order valence-corrected chi connectivity index (χ0v) is 15.8. The van der Waals surface area contributed by atoms with Crippen LogP contribution in [0.25, 0.3) is 10.2 Å². The van der Waals surface area contributed by atoms with E-state index in [1.165, 1.54) is 18.4 Å². The molecule has 1 aromatic heterocycles. The van der Waals surface area contributed by atoms with Gasteiger partial charge in [0.1, 0.15) is 0 Å². The predicted molar refractivity (Wildman–Crippen MR) is 102 cm³/mol. The van der Waals surface area contributed by atoms with Gasteiger partial charge >= 0.3 is 5.97 Å². The molecule has 2 aromatic carbocycles. The van der Waals surface area contributed by atoms with Gasteiger partial charge in [-0.25, -0.2) is 0 Å². The summed E-state index contributed by atoms with van der Waals surface area (Å²) in [6, 6.07) is 13.6. The minimum atomic E-state index is -0.292. The van der Waals surface area contributed by atoms with Crippen LogP contribution in [0, 0.1) is 13.8 Å². The van der Waals surface area contributed by atoms with Crippen LogP contribution < -0.4 is 4.80 Å². The molecule has 3 aromatic rings. The Morgan fingerprint density at radius 3 is 2.69 bits per heavy atom. The number of ether oxygens (including phenoxy) is 1. The SMILES string of the molecule is COC(=O)CCn1c(=NC(=O)c2cc(C)ccc2C)sc2ccccc21. The number of para-hydroxylation sites is 1. The van der Waals surface area contributed by atoms with Crippen LogP contribution in [0.5, 0.6) is 0 Å². The standard InChI is InChI=1S/C20H20N2O3S/c1-13-8-9-14(2)15(12-13)19(24)21-20-22(11-10-18(23)25-3)16-6-4-5-7-17(16)26-20/h4-9,12H,10-11H2,1-3H3. The lowest BCUT2D eigenvalue weighted by molar-refractivity contribution is -0.140. The summed E-state index contributed by atoms with van der Waals surface area (Å²) < 4.78 is 7.65. The number of thiazole rings is 1. The summed E-state index contributed by atoms with van der Waals surface area (Å²) in [6.45, 7) is 4.26. The van der Waals surface area contributed by atoms with Crippen molar-refractivity contribution in [2.45, 2.75) is 26.8 Å². The molecule has 0 saturated heterocycles. The second-order valence-corrected chi connectivity index (χ2v) is 7.07. The molecule has 3 rings (SSSR count). The van der Waals surface area contributed by atoms with E-state index in [2.05, 4.69) is 4.99 Å². The van der Waals surface area contributed by atoms with Crippen LogP contribution in [-0.4, -0.2) is 23.6 Å². The van der Waals surface area contributed by atoms with Crippen LogP contribution in [0.4, 0.5) is 0 Å². The monoisotopic (exact) mass is 368 g/mol. The Morgan fingerprint density at radius 2 is 1.92 bits per heavy atom. The first-order valence-corrected chi connectivity index (χ1v) is 9.12. The number of carbonyl (C=O) groups excluding carboxylic acids is 2. The highest BCUT2D eigenvalue weighted by molar-refractivity contribution is 7.16. The number of benzene rings is 2. The molecule has 1 heterocycles. The molecule has 1 amide bonds. The maximum Gasteiger partial charge on any atom is 0.307 e. The van der Waals surface area contributed by atoms with Crippen molar-refractivity contribution in [2.75, 3.05) is 7.11 Å². The quantitative estimate of drug-likeness (QED) is 0.661. The molecule has 0 atom stereocenters. The van der Waals surface area contributed by atoms with E-state index < -0.39 is 0 Å². The van der Waals surface area contributed by atoms with Gasteiger partial charge in [-0.15, -0.1) is 0 Å². The Kier molecular flexibility index (Phi) is 5.32. The molecule has 0 aliphatic rings. The Bertz CT molecular complexity index is 1050. The molecule has 0 aliphatic carbocycles. The highest BCUT2D eigenvalue weighted by Crippen LogP contribution is 2.18. The molecule has 26 heavy (non-hydrogen) atoms. The molecule has 0 saturated carbocycles. The molecule has 0 spiro atoms. The molecule has 134 valence electrons. The number of amides is 1. The summed E-state index contributed by atoms with van der Waals surface area (Å²) in [6.07, 6.45) is 0.224. The number of fused-ring (bicyclic) bond motifs is 1. The van der Waals surface area contributed by atoms with Gasteiger partial charge < -0.3 is 9.30 Å². The number of esters is 1. The summed E-state index contributed by atoms with van der Waals surface area (Å²) in [7, 11) is 1.37. The van der Waals surface area contributed by atoms with Gasteiger partial charge in [0, 0.05) is 12.1 Å². The van der Waals surface area contributed by atoms with E-state index in [1.54, 1.807) is 0 Å². The molecule has 0 radical (unpaired) electrons. The van der Waals surface area contributed by atoms with Gasteiger partial charge in [0.15, 0.2) is 4.80 Å². The van der Waals surface area contributed by atoms with Crippen LogP contribution in [0.1, 0.15) is 27.9 Å². The largest absolute Gasteiger partial charge is 0.469 e. The minimum absolute atomic E-state index is 0.224. The van der Waals surface area contributed by atoms with Crippen LogP contribution in [-0.2, 0) is 16.1 Å². The topological polar surface area (TPSA) is 60.7 Å². The fourth-order valence-corrected chi connectivity index (χ4v) is 3.80. The first kappa shape index (κ1) is 18.1. The van der Waals surface area contributed by atoms with Crippen LogP contribution in [0.15, 0.2) is 47.5 Å². The predicted octanol–water partition coefficient (Wildman–Crippen LogP) is 3.62. The third-order valence-corrected chi connectivity index (χ3v) is 5.24. The first-order chi connectivity index (χ1) is 12.5. The van der Waals surface area contributed by atoms with Gasteiger partial charge in [0.2, 0.25) is 0 Å². The lowest BCUT2D eigenvalue weighted by Crippen LogP contribution is -2.19. The number of aryl methyl sites for hydroxylation is 3. The molecular formula is C20H20N2O3S. The Morgan fingerprint density at radius 1 is 1.15 bits per heavy atom. The van der Waals surface area contributed by atoms with Crippen molar-refractivity contribution < 1.29 is 14.3 Å². The molecular weight excluding hydrogens is 348 g/mol. The molecule has 0 aliphatic heterocycles. The van der Waals surface area contributed by atoms with Gasteiger partial charge in [-0.2, -0.15) is 4.99 Å². The maximum absolute atomic E-state index is 12.7. The van der Waals surface area contributed by atoms with E-state index in [1.807, 2.05) is 60.9 Å². The number of carbonyl (C=O) groups is 2. The van der Waals surface area contributed by atoms with E-state index in [9.17, 15) is 9.59 Å². The van der Waals surface area contributed by atoms with E-state index in [0.29, 0.717) is 16.9 Å². The van der Waals surface area contributed by atoms with Crippen molar-refractivity contribution in [1.29, 1.82) is 0 Å². The minimum Gasteiger partial charge on any atom is -0.469 e. The number of hydrogen-bond donors (Lipinski definition) is 0. The smallest absolute Gasteiger partial charge is 0.307 e. The molecule has 0 unspecified atom stereocenters. The highest BCUT2D eigenvalue weighted by atomic mass is 32.1. The third-order valence-electron chi connectivity index (χ3n) is 4.18. The van der Waals surface area contributed by atoms with E-state index >= 15 is 0 Å². The summed E-state index contributed by atoms with van der Waals surface area (Å²) in [5.41, 5.74) is 3.46. The molecule has 6 heteroatoms. The second-order valence-electron chi connectivity index (χ2n) is 6.07. The summed E-state index contributed by atoms with van der Waals surface area (Å²) in [4.78, 5) is 29.2. The van der Waals surface area contributed by atoms with E-state index in [0.717, 1.165) is 21.3 Å². The van der Waals surface area contributed by atoms with Crippen molar-refractivity contribution in [1.82, 2.24) is 4.57 Å². The number of methoxy groups -OCH3 is 1. The van der Waals surface area contributed by atoms with Crippen molar-refractivity contribution in [3.63, 3.8) is 0 Å². The Hall–Kier alpha value is -2.73. The van der Waals surface area contributed by atoms with Gasteiger partial charge in [-0.3, -0.25) is 9.59 Å². The van der Waals surface area contributed by atoms with E-state index in [-0.39, 0.29) is 18.3 Å². The lowest BCUT2D eigenvalue weighted by Gasteiger charge is -2.05. The number of nitrogens with zero attached hydrogens (tertiary/aromatic N) is 2. The zero-order valence-electron chi connectivity index (χ0n) is 15.0. The molecule has 5 nitrogen and oxygen atoms in total. The summed E-state index contributed by atoms with van der Waals surface area (Å²) in [5, 5.41) is 0. The lowest BCUT2D eigenvalue weighted by atomic mass is 10.1. The highest BCUT2D eigenvalue weighted by Gasteiger charge is 2.12. The zero-order chi connectivity index (χ0) is 18.7. The summed E-state index contributed by atoms with van der Waals surface area (Å²) >= 11 is 1.44. The van der Waals surface area contributed by atoms with Crippen molar-refractivity contribution in [3.05, 3.63) is 64.0 Å². The molecule has 0 fully saturated rings. The van der Waals surface area contributed by atoms with Crippen LogP contribution in [0.3, 0.4) is 0 Å². The first-order valence-electron chi connectivity index (χ1n) is 8.31. The average Bonchev–Trinajstić information content (AvgIpc) is 2.98. The Balaban J connectivity index is 2.08. The average molecular weight is 368 g/mol. The number of hydrogen-bond acceptors (Lipinski definition) is 4.